The van der Waals surface area contributed by atoms with Gasteiger partial charge >= 0.3 is 5.97 Å². The Bertz CT molecular complexity index is 370. The Morgan fingerprint density at radius 2 is 2.33 bits per heavy atom. The molecule has 15 heavy (non-hydrogen) atoms. The first-order valence-electron chi connectivity index (χ1n) is 4.20. The summed E-state index contributed by atoms with van der Waals surface area (Å²) in [7, 11) is 1.30. The van der Waals surface area contributed by atoms with E-state index in [9.17, 15) is 9.18 Å². The van der Waals surface area contributed by atoms with Crippen LogP contribution >= 0.6 is 27.5 Å². The number of carbonyl (C=O) groups excluding carboxylic acids is 1. The summed E-state index contributed by atoms with van der Waals surface area (Å²) in [6, 6.07) is 4.44. The smallest absolute Gasteiger partial charge is 0.319 e. The maximum atomic E-state index is 13.0. The van der Waals surface area contributed by atoms with E-state index in [0.717, 1.165) is 0 Å². The summed E-state index contributed by atoms with van der Waals surface area (Å²) in [4.78, 5) is 10.6. The number of alkyl halides is 1. The Morgan fingerprint density at radius 3 is 2.87 bits per heavy atom. The molecule has 0 bridgehead atoms. The third kappa shape index (κ3) is 3.47. The van der Waals surface area contributed by atoms with Gasteiger partial charge in [-0.15, -0.1) is 0 Å². The number of benzene rings is 1. The summed E-state index contributed by atoms with van der Waals surface area (Å²) >= 11 is 8.68. The van der Waals surface area contributed by atoms with Crippen molar-refractivity contribution in [3.63, 3.8) is 0 Å². The zero-order valence-electron chi connectivity index (χ0n) is 7.97. The van der Waals surface area contributed by atoms with Gasteiger partial charge in [0.15, 0.2) is 0 Å². The van der Waals surface area contributed by atoms with Gasteiger partial charge in [0.05, 0.1) is 12.1 Å². The summed E-state index contributed by atoms with van der Waals surface area (Å²) in [5.41, 5.74) is 0.684. The lowest BCUT2D eigenvalue weighted by molar-refractivity contribution is -0.139. The first kappa shape index (κ1) is 12.5. The third-order valence-electron chi connectivity index (χ3n) is 1.86. The van der Waals surface area contributed by atoms with Gasteiger partial charge in [-0.1, -0.05) is 33.6 Å². The van der Waals surface area contributed by atoms with E-state index in [-0.39, 0.29) is 11.0 Å². The highest BCUT2D eigenvalue weighted by Crippen LogP contribution is 2.18. The van der Waals surface area contributed by atoms with Crippen molar-refractivity contribution in [1.82, 2.24) is 0 Å². The fourth-order valence-corrected chi connectivity index (χ4v) is 1.76. The van der Waals surface area contributed by atoms with Crippen LogP contribution in [0.5, 0.6) is 0 Å². The van der Waals surface area contributed by atoms with Crippen LogP contribution in [0.1, 0.15) is 5.56 Å². The van der Waals surface area contributed by atoms with E-state index in [2.05, 4.69) is 20.7 Å². The lowest BCUT2D eigenvalue weighted by Crippen LogP contribution is -2.18. The van der Waals surface area contributed by atoms with Gasteiger partial charge in [-0.2, -0.15) is 0 Å². The van der Waals surface area contributed by atoms with Crippen LogP contribution in [0.25, 0.3) is 0 Å². The topological polar surface area (TPSA) is 26.3 Å². The fourth-order valence-electron chi connectivity index (χ4n) is 1.08. The summed E-state index contributed by atoms with van der Waals surface area (Å²) in [6.45, 7) is 0. The summed E-state index contributed by atoms with van der Waals surface area (Å²) in [6.07, 6.45) is 0.362. The second-order valence-corrected chi connectivity index (χ2v) is 4.46. The average molecular weight is 296 g/mol. The zero-order chi connectivity index (χ0) is 11.4. The van der Waals surface area contributed by atoms with Crippen LogP contribution in [-0.2, 0) is 16.0 Å². The molecular weight excluding hydrogens is 286 g/mol. The van der Waals surface area contributed by atoms with Crippen LogP contribution < -0.4 is 0 Å². The zero-order valence-corrected chi connectivity index (χ0v) is 10.3. The number of carbonyl (C=O) groups is 1. The molecule has 1 aromatic rings. The van der Waals surface area contributed by atoms with Crippen molar-refractivity contribution in [2.24, 2.45) is 0 Å². The second kappa shape index (κ2) is 5.47. The van der Waals surface area contributed by atoms with Crippen LogP contribution in [0.4, 0.5) is 4.39 Å². The van der Waals surface area contributed by atoms with Crippen molar-refractivity contribution in [2.75, 3.05) is 7.11 Å². The molecule has 1 atom stereocenters. The molecule has 0 radical (unpaired) electrons. The highest BCUT2D eigenvalue weighted by molar-refractivity contribution is 9.10. The molecular formula is C10H9BrClFO2. The molecule has 5 heteroatoms. The van der Waals surface area contributed by atoms with Crippen LogP contribution in [0, 0.1) is 5.82 Å². The van der Waals surface area contributed by atoms with Gasteiger partial charge in [-0.05, 0) is 24.1 Å². The van der Waals surface area contributed by atoms with Crippen LogP contribution in [0.3, 0.4) is 0 Å². The second-order valence-electron chi connectivity index (χ2n) is 2.94. The number of methoxy groups -OCH3 is 1. The Kier molecular flexibility index (Phi) is 4.54. The van der Waals surface area contributed by atoms with Gasteiger partial charge in [0.25, 0.3) is 0 Å². The Labute approximate surface area is 101 Å². The molecule has 82 valence electrons. The van der Waals surface area contributed by atoms with Gasteiger partial charge in [0.2, 0.25) is 0 Å². The molecule has 0 saturated heterocycles. The quantitative estimate of drug-likeness (QED) is 0.633. The predicted octanol–water partition coefficient (Wildman–Crippen LogP) is 2.96. The summed E-state index contributed by atoms with van der Waals surface area (Å²) in [5, 5.41) is 0.0722. The maximum Gasteiger partial charge on any atom is 0.319 e. The van der Waals surface area contributed by atoms with Crippen LogP contribution in [-0.4, -0.2) is 17.9 Å². The summed E-state index contributed by atoms with van der Waals surface area (Å²) in [5.74, 6) is -0.871. The number of halogens is 3. The third-order valence-corrected chi connectivity index (χ3v) is 2.86. The number of rotatable bonds is 3. The van der Waals surface area contributed by atoms with Crippen molar-refractivity contribution < 1.29 is 13.9 Å². The molecule has 0 aliphatic carbocycles. The molecule has 0 saturated carbocycles. The minimum Gasteiger partial charge on any atom is -0.468 e. The van der Waals surface area contributed by atoms with E-state index in [1.165, 1.54) is 19.2 Å². The number of hydrogen-bond acceptors (Lipinski definition) is 2. The van der Waals surface area contributed by atoms with Crippen molar-refractivity contribution in [2.45, 2.75) is 11.2 Å². The SMILES string of the molecule is COC(=O)C(Br)Cc1ccc(Cl)c(F)c1. The minimum atomic E-state index is -0.487. The fraction of sp³-hybridized carbons (Fsp3) is 0.300. The lowest BCUT2D eigenvalue weighted by atomic mass is 10.1. The van der Waals surface area contributed by atoms with E-state index < -0.39 is 10.6 Å². The molecule has 0 aliphatic heterocycles. The van der Waals surface area contributed by atoms with Gasteiger partial charge in [0, 0.05) is 0 Å². The predicted molar refractivity (Wildman–Crippen MR) is 59.8 cm³/mol. The molecule has 2 nitrogen and oxygen atoms in total. The van der Waals surface area contributed by atoms with Crippen molar-refractivity contribution in [3.05, 3.63) is 34.6 Å². The number of esters is 1. The van der Waals surface area contributed by atoms with E-state index in [4.69, 9.17) is 11.6 Å². The van der Waals surface area contributed by atoms with Crippen molar-refractivity contribution >= 4 is 33.5 Å². The molecule has 1 unspecified atom stereocenters. The standard InChI is InChI=1S/C10H9BrClFO2/c1-15-10(14)7(11)4-6-2-3-8(12)9(13)5-6/h2-3,5,7H,4H2,1H3. The largest absolute Gasteiger partial charge is 0.468 e. The molecule has 0 aromatic heterocycles. The molecule has 0 amide bonds. The van der Waals surface area contributed by atoms with Crippen LogP contribution in [0.2, 0.25) is 5.02 Å². The highest BCUT2D eigenvalue weighted by Gasteiger charge is 2.16. The average Bonchev–Trinajstić information content (AvgIpc) is 2.22. The van der Waals surface area contributed by atoms with Crippen molar-refractivity contribution in [1.29, 1.82) is 0 Å². The van der Waals surface area contributed by atoms with E-state index in [1.54, 1.807) is 6.07 Å². The van der Waals surface area contributed by atoms with Crippen molar-refractivity contribution in [3.8, 4) is 0 Å². The first-order chi connectivity index (χ1) is 7.04. The molecule has 0 spiro atoms. The Hall–Kier alpha value is -0.610. The van der Waals surface area contributed by atoms with Gasteiger partial charge in [-0.25, -0.2) is 4.39 Å². The molecule has 1 rings (SSSR count). The van der Waals surface area contributed by atoms with E-state index in [1.807, 2.05) is 0 Å². The highest BCUT2D eigenvalue weighted by atomic mass is 79.9. The number of ether oxygens (including phenoxy) is 1. The molecule has 1 aromatic carbocycles. The molecule has 0 fully saturated rings. The molecule has 0 heterocycles. The van der Waals surface area contributed by atoms with Gasteiger partial charge < -0.3 is 4.74 Å². The Morgan fingerprint density at radius 1 is 1.67 bits per heavy atom. The van der Waals surface area contributed by atoms with Crippen LogP contribution in [0.15, 0.2) is 18.2 Å². The van der Waals surface area contributed by atoms with Gasteiger partial charge in [-0.3, -0.25) is 4.79 Å². The molecule has 0 aliphatic rings. The normalized spacial score (nSPS) is 12.3. The van der Waals surface area contributed by atoms with E-state index in [0.29, 0.717) is 12.0 Å². The van der Waals surface area contributed by atoms with E-state index >= 15 is 0 Å². The first-order valence-corrected chi connectivity index (χ1v) is 5.49. The summed E-state index contributed by atoms with van der Waals surface area (Å²) < 4.78 is 17.6. The minimum absolute atomic E-state index is 0.0722. The van der Waals surface area contributed by atoms with Gasteiger partial charge in [0.1, 0.15) is 10.6 Å². The number of hydrogen-bond donors (Lipinski definition) is 0. The molecule has 0 N–H and O–H groups in total. The lowest BCUT2D eigenvalue weighted by Gasteiger charge is -2.07. The monoisotopic (exact) mass is 294 g/mol. The maximum absolute atomic E-state index is 13.0. The Balaban J connectivity index is 2.73.